The number of rotatable bonds is 8. The Morgan fingerprint density at radius 3 is 1.18 bits per heavy atom. The number of unbranched alkanes of at least 4 members (excludes halogenated alkanes) is 2. The zero-order valence-electron chi connectivity index (χ0n) is 14.8. The topological polar surface area (TPSA) is 86.2 Å². The van der Waals surface area contributed by atoms with Crippen LogP contribution in [-0.4, -0.2) is 0 Å². The molecule has 0 saturated heterocycles. The van der Waals surface area contributed by atoms with Crippen LogP contribution in [0.25, 0.3) is 0 Å². The molecule has 2 unspecified atom stereocenters. The van der Waals surface area contributed by atoms with Gasteiger partial charge in [0.1, 0.15) is 0 Å². The van der Waals surface area contributed by atoms with Gasteiger partial charge in [-0.05, 0) is 0 Å². The average molecular weight is 466 g/mol. The summed E-state index contributed by atoms with van der Waals surface area (Å²) in [5, 5.41) is 0. The van der Waals surface area contributed by atoms with Crippen LogP contribution in [0.2, 0.25) is 0 Å². The summed E-state index contributed by atoms with van der Waals surface area (Å²) in [6, 6.07) is 0. The molecule has 4 nitrogen and oxygen atoms in total. The summed E-state index contributed by atoms with van der Waals surface area (Å²) < 4.78 is 8.55. The van der Waals surface area contributed by atoms with Crippen molar-refractivity contribution in [1.82, 2.24) is 0 Å². The molecule has 1 radical (unpaired) electrons. The second kappa shape index (κ2) is 22.5. The minimum Gasteiger partial charge on any atom is -0.822 e. The first-order chi connectivity index (χ1) is 9.62. The molecule has 0 aromatic rings. The third-order valence-electron chi connectivity index (χ3n) is 3.09. The molecule has 0 fully saturated rings. The van der Waals surface area contributed by atoms with Crippen molar-refractivity contribution in [1.29, 1.82) is 0 Å². The fourth-order valence-corrected chi connectivity index (χ4v) is 1.39. The fraction of sp³-hybridized carbons (Fsp3) is 0.875. The van der Waals surface area contributed by atoms with Crippen molar-refractivity contribution in [2.75, 3.05) is 0 Å². The molecule has 0 spiro atoms. The summed E-state index contributed by atoms with van der Waals surface area (Å²) in [5.74, 6) is 1.41. The molecule has 0 aliphatic heterocycles. The maximum atomic E-state index is 8.55. The monoisotopic (exact) mass is 463 g/mol. The van der Waals surface area contributed by atoms with Crippen molar-refractivity contribution in [3.63, 3.8) is 0 Å². The van der Waals surface area contributed by atoms with Gasteiger partial charge in [-0.15, -0.1) is 0 Å². The number of phosphoric acid groups is 1. The van der Waals surface area contributed by atoms with Gasteiger partial charge in [0.25, 0.3) is 0 Å². The van der Waals surface area contributed by atoms with Gasteiger partial charge in [-0.3, -0.25) is 0 Å². The molecule has 0 N–H and O–H groups in total. The zero-order valence-corrected chi connectivity index (χ0v) is 18.9. The van der Waals surface area contributed by atoms with Gasteiger partial charge in [0.05, 0.1) is 0 Å². The van der Waals surface area contributed by atoms with E-state index < -0.39 is 7.82 Å². The van der Waals surface area contributed by atoms with Crippen LogP contribution >= 0.6 is 7.82 Å². The SMILES string of the molecule is O=P([O-])([O-])[O-].[CH2-]C(CC)CCCC.[CH2-]C(CC)CCCC.[Nd+3]. The van der Waals surface area contributed by atoms with Crippen molar-refractivity contribution in [3.05, 3.63) is 13.8 Å². The Morgan fingerprint density at radius 1 is 0.818 bits per heavy atom. The second-order valence-electron chi connectivity index (χ2n) is 5.28. The first kappa shape index (κ1) is 31.3. The quantitative estimate of drug-likeness (QED) is 0.407. The van der Waals surface area contributed by atoms with Gasteiger partial charge < -0.3 is 33.1 Å². The van der Waals surface area contributed by atoms with Crippen molar-refractivity contribution in [2.24, 2.45) is 11.8 Å². The molecule has 2 atom stereocenters. The van der Waals surface area contributed by atoms with E-state index in [-0.39, 0.29) is 40.8 Å². The molecule has 133 valence electrons. The third kappa shape index (κ3) is 49.6. The van der Waals surface area contributed by atoms with E-state index in [1.54, 1.807) is 0 Å². The summed E-state index contributed by atoms with van der Waals surface area (Å²) in [5.41, 5.74) is 0. The van der Waals surface area contributed by atoms with E-state index in [9.17, 15) is 0 Å². The van der Waals surface area contributed by atoms with E-state index in [0.29, 0.717) is 11.8 Å². The van der Waals surface area contributed by atoms with Crippen LogP contribution in [0.1, 0.15) is 79.1 Å². The summed E-state index contributed by atoms with van der Waals surface area (Å²) in [6.45, 7) is 16.8. The molecule has 0 amide bonds. The standard InChI is InChI=1S/2C8H17.Nd.H3O4P/c2*1-4-6-7-8(3)5-2;;1-5(2,3)4/h2*8H,3-7H2,1-2H3;;(H3,1,2,3,4)/q2*-1;+3;/p-3. The third-order valence-corrected chi connectivity index (χ3v) is 3.09. The molecular formula is C16H34NdO4P-2. The van der Waals surface area contributed by atoms with Crippen molar-refractivity contribution >= 4 is 7.82 Å². The molecule has 0 rings (SSSR count). The van der Waals surface area contributed by atoms with Gasteiger partial charge in [0, 0.05) is 0 Å². The Bertz CT molecular complexity index is 212. The molecular weight excluding hydrogens is 431 g/mol. The number of hydrogen-bond acceptors (Lipinski definition) is 4. The summed E-state index contributed by atoms with van der Waals surface area (Å²) in [4.78, 5) is 25.6. The fourth-order valence-electron chi connectivity index (χ4n) is 1.39. The summed E-state index contributed by atoms with van der Waals surface area (Å²) in [7, 11) is -5.39. The van der Waals surface area contributed by atoms with E-state index in [4.69, 9.17) is 19.2 Å². The first-order valence-electron chi connectivity index (χ1n) is 8.01. The van der Waals surface area contributed by atoms with Crippen LogP contribution in [0.15, 0.2) is 0 Å². The van der Waals surface area contributed by atoms with Gasteiger partial charge in [-0.25, -0.2) is 0 Å². The van der Waals surface area contributed by atoms with E-state index in [1.165, 1.54) is 51.4 Å². The van der Waals surface area contributed by atoms with Crippen LogP contribution in [0, 0.1) is 66.5 Å². The minimum atomic E-state index is -5.39. The molecule has 22 heavy (non-hydrogen) atoms. The number of hydrogen-bond donors (Lipinski definition) is 0. The van der Waals surface area contributed by atoms with E-state index in [2.05, 4.69) is 41.5 Å². The maximum Gasteiger partial charge on any atom is 3.00 e. The molecule has 6 heteroatoms. The Morgan fingerprint density at radius 2 is 1.05 bits per heavy atom. The Labute approximate surface area is 171 Å². The van der Waals surface area contributed by atoms with Crippen LogP contribution in [0.3, 0.4) is 0 Å². The predicted molar refractivity (Wildman–Crippen MR) is 84.9 cm³/mol. The molecule has 0 heterocycles. The molecule has 0 aliphatic carbocycles. The summed E-state index contributed by atoms with van der Waals surface area (Å²) >= 11 is 0. The van der Waals surface area contributed by atoms with E-state index in [1.807, 2.05) is 0 Å². The van der Waals surface area contributed by atoms with Crippen molar-refractivity contribution in [2.45, 2.75) is 79.1 Å². The smallest absolute Gasteiger partial charge is 0.822 e. The molecule has 0 saturated carbocycles. The van der Waals surface area contributed by atoms with Crippen molar-refractivity contribution < 1.29 is 60.1 Å². The zero-order chi connectivity index (χ0) is 17.3. The van der Waals surface area contributed by atoms with Crippen molar-refractivity contribution in [3.8, 4) is 0 Å². The van der Waals surface area contributed by atoms with Gasteiger partial charge in [-0.1, -0.05) is 79.1 Å². The van der Waals surface area contributed by atoms with Crippen LogP contribution in [0.4, 0.5) is 0 Å². The van der Waals surface area contributed by atoms with Crippen LogP contribution < -0.4 is 14.7 Å². The minimum absolute atomic E-state index is 0. The van der Waals surface area contributed by atoms with Gasteiger partial charge in [0.15, 0.2) is 0 Å². The van der Waals surface area contributed by atoms with Gasteiger partial charge >= 0.3 is 40.8 Å². The second-order valence-corrected chi connectivity index (χ2v) is 6.17. The van der Waals surface area contributed by atoms with Crippen LogP contribution in [0.5, 0.6) is 0 Å². The van der Waals surface area contributed by atoms with Gasteiger partial charge in [0.2, 0.25) is 0 Å². The molecule has 0 aliphatic rings. The predicted octanol–water partition coefficient (Wildman–Crippen LogP) is 3.25. The largest absolute Gasteiger partial charge is 3.00 e. The first-order valence-corrected chi connectivity index (χ1v) is 9.47. The normalized spacial score (nSPS) is 12.8. The summed E-state index contributed by atoms with van der Waals surface area (Å²) in [6.07, 6.45) is 10.4. The average Bonchev–Trinajstić information content (AvgIpc) is 2.40. The van der Waals surface area contributed by atoms with Gasteiger partial charge in [-0.2, -0.15) is 19.7 Å². The molecule has 0 aromatic carbocycles. The van der Waals surface area contributed by atoms with E-state index >= 15 is 0 Å². The Hall–Kier alpha value is 1.46. The Kier molecular flexibility index (Phi) is 31.9. The van der Waals surface area contributed by atoms with E-state index in [0.717, 1.165) is 0 Å². The van der Waals surface area contributed by atoms with Crippen LogP contribution in [-0.2, 0) is 4.57 Å². The molecule has 0 aromatic heterocycles. The Balaban J connectivity index is -0.000000111. The molecule has 0 bridgehead atoms. The maximum absolute atomic E-state index is 8.55.